The van der Waals surface area contributed by atoms with E-state index in [1.165, 1.54) is 7.11 Å². The first-order valence-corrected chi connectivity index (χ1v) is 12.3. The van der Waals surface area contributed by atoms with E-state index in [0.29, 0.717) is 33.6 Å². The van der Waals surface area contributed by atoms with Crippen LogP contribution in [-0.4, -0.2) is 43.3 Å². The van der Waals surface area contributed by atoms with Crippen molar-refractivity contribution in [3.63, 3.8) is 0 Å². The van der Waals surface area contributed by atoms with Crippen LogP contribution >= 0.6 is 0 Å². The van der Waals surface area contributed by atoms with E-state index < -0.39 is 12.0 Å². The van der Waals surface area contributed by atoms with E-state index in [4.69, 9.17) is 14.5 Å². The number of aromatic nitrogens is 1. The molecule has 188 valence electrons. The second kappa shape index (κ2) is 11.1. The summed E-state index contributed by atoms with van der Waals surface area (Å²) < 4.78 is 11.5. The van der Waals surface area contributed by atoms with Crippen LogP contribution in [-0.2, 0) is 4.74 Å². The van der Waals surface area contributed by atoms with Crippen molar-refractivity contribution in [3.05, 3.63) is 90.5 Å². The number of hydrogen-bond acceptors (Lipinski definition) is 6. The van der Waals surface area contributed by atoms with Crippen LogP contribution in [0.3, 0.4) is 0 Å². The zero-order chi connectivity index (χ0) is 25.6. The summed E-state index contributed by atoms with van der Waals surface area (Å²) >= 11 is 0. The lowest BCUT2D eigenvalue weighted by molar-refractivity contribution is 0.0932. The number of nitrogens with zero attached hydrogens (tertiary/aromatic N) is 2. The van der Waals surface area contributed by atoms with E-state index in [2.05, 4.69) is 10.7 Å². The Labute approximate surface area is 215 Å². The van der Waals surface area contributed by atoms with Crippen molar-refractivity contribution in [1.82, 2.24) is 15.7 Å². The number of benzene rings is 3. The number of fused-ring (bicyclic) bond motifs is 1. The topological polar surface area (TPSA) is 92.8 Å². The van der Waals surface area contributed by atoms with Gasteiger partial charge in [0.25, 0.3) is 5.91 Å². The van der Waals surface area contributed by atoms with Gasteiger partial charge in [-0.05, 0) is 44.1 Å². The number of rotatable bonds is 5. The van der Waals surface area contributed by atoms with Crippen LogP contribution in [0.4, 0.5) is 10.5 Å². The lowest BCUT2D eigenvalue weighted by Crippen LogP contribution is -2.46. The number of carbonyl (C=O) groups is 2. The largest absolute Gasteiger partial charge is 0.487 e. The highest BCUT2D eigenvalue weighted by molar-refractivity contribution is 6.12. The van der Waals surface area contributed by atoms with E-state index in [-0.39, 0.29) is 6.10 Å². The Bertz CT molecular complexity index is 1390. The van der Waals surface area contributed by atoms with Crippen molar-refractivity contribution in [1.29, 1.82) is 0 Å². The Kier molecular flexibility index (Phi) is 7.28. The summed E-state index contributed by atoms with van der Waals surface area (Å²) in [6.45, 7) is 1.66. The maximum Gasteiger partial charge on any atom is 0.433 e. The minimum atomic E-state index is -0.720. The number of pyridine rings is 1. The van der Waals surface area contributed by atoms with Gasteiger partial charge in [0.15, 0.2) is 5.75 Å². The normalized spacial score (nSPS) is 13.6. The molecule has 0 saturated carbocycles. The highest BCUT2D eigenvalue weighted by atomic mass is 16.5. The molecule has 0 spiro atoms. The van der Waals surface area contributed by atoms with Crippen LogP contribution in [0.5, 0.6) is 5.75 Å². The van der Waals surface area contributed by atoms with Crippen LogP contribution in [0, 0.1) is 0 Å². The molecule has 2 N–H and O–H groups in total. The lowest BCUT2D eigenvalue weighted by atomic mass is 10.0. The van der Waals surface area contributed by atoms with Crippen LogP contribution in [0.25, 0.3) is 22.2 Å². The van der Waals surface area contributed by atoms with Crippen molar-refractivity contribution in [2.24, 2.45) is 0 Å². The Hall–Kier alpha value is -4.43. The molecule has 1 fully saturated rings. The second-order valence-electron chi connectivity index (χ2n) is 8.70. The summed E-state index contributed by atoms with van der Waals surface area (Å²) in [5.74, 6) is -0.110. The van der Waals surface area contributed by atoms with Crippen molar-refractivity contribution in [2.75, 3.05) is 25.2 Å². The van der Waals surface area contributed by atoms with Gasteiger partial charge in [-0.25, -0.2) is 9.78 Å². The van der Waals surface area contributed by atoms with Gasteiger partial charge in [0.2, 0.25) is 0 Å². The predicted molar refractivity (Wildman–Crippen MR) is 142 cm³/mol. The van der Waals surface area contributed by atoms with E-state index in [9.17, 15) is 9.59 Å². The van der Waals surface area contributed by atoms with E-state index >= 15 is 0 Å². The highest BCUT2D eigenvalue weighted by Crippen LogP contribution is 2.38. The number of anilines is 1. The third-order valence-electron chi connectivity index (χ3n) is 6.28. The number of carbonyl (C=O) groups excluding carboxylic acids is 2. The maximum atomic E-state index is 14.0. The minimum absolute atomic E-state index is 0.0796. The zero-order valence-corrected chi connectivity index (χ0v) is 20.5. The SMILES string of the molecule is COC(=O)N(NC(=O)c1c(OC2CCNCC2)c(-c2ccccc2)nc2ccccc12)c1ccccc1. The van der Waals surface area contributed by atoms with Gasteiger partial charge in [0.05, 0.1) is 23.9 Å². The average molecular weight is 497 g/mol. The summed E-state index contributed by atoms with van der Waals surface area (Å²) in [7, 11) is 1.27. The molecule has 0 radical (unpaired) electrons. The Morgan fingerprint density at radius 2 is 1.57 bits per heavy atom. The smallest absolute Gasteiger partial charge is 0.433 e. The summed E-state index contributed by atoms with van der Waals surface area (Å²) in [6, 6.07) is 25.9. The second-order valence-corrected chi connectivity index (χ2v) is 8.70. The molecular weight excluding hydrogens is 468 g/mol. The summed E-state index contributed by atoms with van der Waals surface area (Å²) in [4.78, 5) is 31.6. The molecule has 0 aliphatic carbocycles. The first-order valence-electron chi connectivity index (χ1n) is 12.3. The van der Waals surface area contributed by atoms with Gasteiger partial charge >= 0.3 is 6.09 Å². The first-order chi connectivity index (χ1) is 18.2. The van der Waals surface area contributed by atoms with Crippen molar-refractivity contribution in [3.8, 4) is 17.0 Å². The predicted octanol–water partition coefficient (Wildman–Crippen LogP) is 4.95. The number of hydrazine groups is 1. The molecule has 1 saturated heterocycles. The van der Waals surface area contributed by atoms with Crippen LogP contribution < -0.4 is 20.5 Å². The fourth-order valence-corrected chi connectivity index (χ4v) is 4.45. The van der Waals surface area contributed by atoms with Gasteiger partial charge in [0.1, 0.15) is 11.8 Å². The third-order valence-corrected chi connectivity index (χ3v) is 6.28. The summed E-state index contributed by atoms with van der Waals surface area (Å²) in [5.41, 5.74) is 5.58. The number of methoxy groups -OCH3 is 1. The summed E-state index contributed by atoms with van der Waals surface area (Å²) in [5, 5.41) is 5.06. The molecule has 8 nitrogen and oxygen atoms in total. The summed E-state index contributed by atoms with van der Waals surface area (Å²) in [6.07, 6.45) is 0.812. The van der Waals surface area contributed by atoms with Crippen LogP contribution in [0.15, 0.2) is 84.9 Å². The standard InChI is InChI=1S/C29H28N4O4/c1-36-29(35)33(21-12-6-3-7-13-21)32-28(34)25-23-14-8-9-15-24(23)31-26(20-10-4-2-5-11-20)27(25)37-22-16-18-30-19-17-22/h2-15,22,30H,16-19H2,1H3,(H,32,34). The molecule has 1 aliphatic rings. The quantitative estimate of drug-likeness (QED) is 0.380. The van der Waals surface area contributed by atoms with Crippen molar-refractivity contribution < 1.29 is 19.1 Å². The van der Waals surface area contributed by atoms with Gasteiger partial charge in [-0.15, -0.1) is 0 Å². The van der Waals surface area contributed by atoms with E-state index in [1.54, 1.807) is 24.3 Å². The molecule has 0 bridgehead atoms. The molecule has 1 aliphatic heterocycles. The maximum absolute atomic E-state index is 14.0. The third kappa shape index (κ3) is 5.24. The van der Waals surface area contributed by atoms with E-state index in [1.807, 2.05) is 60.7 Å². The molecule has 37 heavy (non-hydrogen) atoms. The Balaban J connectivity index is 1.66. The molecule has 4 aromatic rings. The average Bonchev–Trinajstić information content (AvgIpc) is 2.96. The number of ether oxygens (including phenoxy) is 2. The van der Waals surface area contributed by atoms with Gasteiger partial charge in [0, 0.05) is 10.9 Å². The fraction of sp³-hybridized carbons (Fsp3) is 0.207. The molecule has 0 atom stereocenters. The lowest BCUT2D eigenvalue weighted by Gasteiger charge is -2.27. The van der Waals surface area contributed by atoms with Gasteiger partial charge in [-0.1, -0.05) is 66.7 Å². The number of nitrogens with one attached hydrogen (secondary N) is 2. The zero-order valence-electron chi connectivity index (χ0n) is 20.5. The van der Waals surface area contributed by atoms with Gasteiger partial charge in [-0.3, -0.25) is 10.2 Å². The monoisotopic (exact) mass is 496 g/mol. The Morgan fingerprint density at radius 3 is 2.27 bits per heavy atom. The van der Waals surface area contributed by atoms with Crippen molar-refractivity contribution >= 4 is 28.6 Å². The molecule has 2 heterocycles. The first kappa shape index (κ1) is 24.3. The number of para-hydroxylation sites is 2. The van der Waals surface area contributed by atoms with Gasteiger partial charge in [-0.2, -0.15) is 5.01 Å². The number of amides is 2. The van der Waals surface area contributed by atoms with Gasteiger partial charge < -0.3 is 14.8 Å². The van der Waals surface area contributed by atoms with Crippen LogP contribution in [0.2, 0.25) is 0 Å². The molecule has 5 rings (SSSR count). The van der Waals surface area contributed by atoms with Crippen molar-refractivity contribution in [2.45, 2.75) is 18.9 Å². The highest BCUT2D eigenvalue weighted by Gasteiger charge is 2.29. The number of hydrogen-bond donors (Lipinski definition) is 2. The molecule has 1 aromatic heterocycles. The molecule has 0 unspecified atom stereocenters. The number of piperidine rings is 1. The van der Waals surface area contributed by atoms with E-state index in [0.717, 1.165) is 36.5 Å². The molecule has 8 heteroatoms. The minimum Gasteiger partial charge on any atom is -0.487 e. The Morgan fingerprint density at radius 1 is 0.919 bits per heavy atom. The molecular formula is C29H28N4O4. The molecule has 2 amide bonds. The fourth-order valence-electron chi connectivity index (χ4n) is 4.45. The molecule has 3 aromatic carbocycles. The van der Waals surface area contributed by atoms with Crippen LogP contribution in [0.1, 0.15) is 23.2 Å².